The number of nitrogens with zero attached hydrogens (tertiary/aromatic N) is 1. The van der Waals surface area contributed by atoms with Crippen molar-refractivity contribution in [1.82, 2.24) is 5.43 Å². The minimum absolute atomic E-state index is 0.514. The first-order chi connectivity index (χ1) is 7.09. The van der Waals surface area contributed by atoms with Gasteiger partial charge in [0.2, 0.25) is 0 Å². The summed E-state index contributed by atoms with van der Waals surface area (Å²) in [6, 6.07) is 9.64. The highest BCUT2D eigenvalue weighted by molar-refractivity contribution is 6.08. The lowest BCUT2D eigenvalue weighted by molar-refractivity contribution is 0.0767. The lowest BCUT2D eigenvalue weighted by atomic mass is 9.95. The van der Waals surface area contributed by atoms with E-state index in [4.69, 9.17) is 4.74 Å². The molecule has 1 aromatic carbocycles. The molecule has 0 bridgehead atoms. The van der Waals surface area contributed by atoms with Crippen LogP contribution in [-0.2, 0) is 4.74 Å². The van der Waals surface area contributed by atoms with Gasteiger partial charge in [0.25, 0.3) is 0 Å². The minimum atomic E-state index is -0.691. The molecule has 0 saturated carbocycles. The number of nitrogens with one attached hydrogen (secondary N) is 1. The first-order valence-corrected chi connectivity index (χ1v) is 4.72. The van der Waals surface area contributed by atoms with Crippen LogP contribution in [0.25, 0.3) is 0 Å². The van der Waals surface area contributed by atoms with Crippen molar-refractivity contribution < 1.29 is 9.53 Å². The largest absolute Gasteiger partial charge is 0.436 e. The van der Waals surface area contributed by atoms with E-state index < -0.39 is 11.7 Å². The molecule has 78 valence electrons. The molecule has 1 N–H and O–H groups in total. The van der Waals surface area contributed by atoms with E-state index in [0.717, 1.165) is 11.3 Å². The molecule has 15 heavy (non-hydrogen) atoms. The monoisotopic (exact) mass is 204 g/mol. The predicted molar refractivity (Wildman–Crippen MR) is 56.7 cm³/mol. The number of cyclic esters (lactones) is 1. The van der Waals surface area contributed by atoms with Crippen LogP contribution < -0.4 is 5.43 Å². The van der Waals surface area contributed by atoms with Crippen LogP contribution in [0, 0.1) is 0 Å². The molecule has 0 atom stereocenters. The molecule has 0 aromatic heterocycles. The Morgan fingerprint density at radius 3 is 2.53 bits per heavy atom. The number of rotatable bonds is 1. The van der Waals surface area contributed by atoms with Crippen LogP contribution in [-0.4, -0.2) is 17.4 Å². The van der Waals surface area contributed by atoms with Crippen molar-refractivity contribution in [2.24, 2.45) is 5.10 Å². The maximum atomic E-state index is 11.0. The minimum Gasteiger partial charge on any atom is -0.436 e. The summed E-state index contributed by atoms with van der Waals surface area (Å²) in [7, 11) is 0. The Kier molecular flexibility index (Phi) is 2.19. The average Bonchev–Trinajstić information content (AvgIpc) is 2.17. The zero-order valence-electron chi connectivity index (χ0n) is 8.65. The van der Waals surface area contributed by atoms with Crippen LogP contribution in [0.5, 0.6) is 0 Å². The van der Waals surface area contributed by atoms with Gasteiger partial charge >= 0.3 is 6.09 Å². The normalized spacial score (nSPS) is 18.8. The maximum Gasteiger partial charge on any atom is 0.428 e. The third kappa shape index (κ3) is 1.83. The fourth-order valence-corrected chi connectivity index (χ4v) is 1.55. The second-order valence-electron chi connectivity index (χ2n) is 3.84. The Labute approximate surface area is 87.9 Å². The van der Waals surface area contributed by atoms with Gasteiger partial charge in [-0.25, -0.2) is 10.2 Å². The molecule has 4 heteroatoms. The number of carbonyl (C=O) groups is 1. The number of hydrazone groups is 1. The molecule has 0 unspecified atom stereocenters. The Morgan fingerprint density at radius 1 is 1.27 bits per heavy atom. The molecule has 1 aliphatic heterocycles. The van der Waals surface area contributed by atoms with E-state index in [2.05, 4.69) is 10.5 Å². The molecular formula is C11H12N2O2. The van der Waals surface area contributed by atoms with Crippen molar-refractivity contribution in [3.63, 3.8) is 0 Å². The summed E-state index contributed by atoms with van der Waals surface area (Å²) in [5, 5.41) is 4.03. The lowest BCUT2D eigenvalue weighted by Crippen LogP contribution is -2.46. The van der Waals surface area contributed by atoms with Crippen molar-refractivity contribution in [3.05, 3.63) is 35.9 Å². The maximum absolute atomic E-state index is 11.0. The number of carbonyl (C=O) groups excluding carboxylic acids is 1. The Bertz CT molecular complexity index is 410. The van der Waals surface area contributed by atoms with Crippen LogP contribution in [0.1, 0.15) is 19.4 Å². The van der Waals surface area contributed by atoms with Gasteiger partial charge in [0.15, 0.2) is 5.60 Å². The molecule has 1 aliphatic rings. The van der Waals surface area contributed by atoms with E-state index in [1.807, 2.05) is 44.2 Å². The summed E-state index contributed by atoms with van der Waals surface area (Å²) in [4.78, 5) is 11.0. The number of hydrogen-bond acceptors (Lipinski definition) is 3. The van der Waals surface area contributed by atoms with Crippen molar-refractivity contribution in [2.45, 2.75) is 19.4 Å². The van der Waals surface area contributed by atoms with E-state index in [1.165, 1.54) is 0 Å². The van der Waals surface area contributed by atoms with Crippen LogP contribution in [0.4, 0.5) is 4.79 Å². The van der Waals surface area contributed by atoms with Crippen molar-refractivity contribution in [2.75, 3.05) is 0 Å². The summed E-state index contributed by atoms with van der Waals surface area (Å²) in [6.07, 6.45) is -0.514. The molecule has 0 radical (unpaired) electrons. The van der Waals surface area contributed by atoms with Gasteiger partial charge in [-0.1, -0.05) is 30.3 Å². The smallest absolute Gasteiger partial charge is 0.428 e. The number of hydrogen-bond donors (Lipinski definition) is 1. The molecule has 4 nitrogen and oxygen atoms in total. The van der Waals surface area contributed by atoms with Gasteiger partial charge in [0.05, 0.1) is 0 Å². The molecule has 1 aromatic rings. The average molecular weight is 204 g/mol. The van der Waals surface area contributed by atoms with Gasteiger partial charge in [-0.2, -0.15) is 5.10 Å². The number of ether oxygens (including phenoxy) is 1. The third-order valence-corrected chi connectivity index (χ3v) is 2.22. The molecule has 1 heterocycles. The molecule has 0 saturated heterocycles. The van der Waals surface area contributed by atoms with E-state index in [9.17, 15) is 4.79 Å². The van der Waals surface area contributed by atoms with Crippen molar-refractivity contribution in [3.8, 4) is 0 Å². The van der Waals surface area contributed by atoms with Gasteiger partial charge in [-0.3, -0.25) is 0 Å². The Balaban J connectivity index is 2.41. The van der Waals surface area contributed by atoms with Crippen LogP contribution in [0.2, 0.25) is 0 Å². The van der Waals surface area contributed by atoms with Crippen LogP contribution >= 0.6 is 0 Å². The summed E-state index contributed by atoms with van der Waals surface area (Å²) in [5.74, 6) is 0. The first-order valence-electron chi connectivity index (χ1n) is 4.72. The fourth-order valence-electron chi connectivity index (χ4n) is 1.55. The van der Waals surface area contributed by atoms with Gasteiger partial charge < -0.3 is 4.74 Å². The molecule has 2 rings (SSSR count). The first kappa shape index (κ1) is 9.71. The molecular weight excluding hydrogens is 192 g/mol. The molecule has 0 spiro atoms. The van der Waals surface area contributed by atoms with E-state index in [0.29, 0.717) is 0 Å². The highest BCUT2D eigenvalue weighted by atomic mass is 16.6. The predicted octanol–water partition coefficient (Wildman–Crippen LogP) is 1.91. The van der Waals surface area contributed by atoms with Gasteiger partial charge in [0, 0.05) is 5.56 Å². The highest BCUT2D eigenvalue weighted by Crippen LogP contribution is 2.20. The summed E-state index contributed by atoms with van der Waals surface area (Å²) < 4.78 is 5.16. The van der Waals surface area contributed by atoms with Crippen LogP contribution in [0.3, 0.4) is 0 Å². The van der Waals surface area contributed by atoms with E-state index in [1.54, 1.807) is 0 Å². The van der Waals surface area contributed by atoms with Gasteiger partial charge in [0.1, 0.15) is 5.71 Å². The number of benzene rings is 1. The quantitative estimate of drug-likeness (QED) is 0.759. The third-order valence-electron chi connectivity index (χ3n) is 2.22. The zero-order valence-corrected chi connectivity index (χ0v) is 8.65. The SMILES string of the molecule is CC1(C)OC(=O)NN=C1c1ccccc1. The van der Waals surface area contributed by atoms with Gasteiger partial charge in [-0.15, -0.1) is 0 Å². The van der Waals surface area contributed by atoms with Crippen molar-refractivity contribution in [1.29, 1.82) is 0 Å². The zero-order chi connectivity index (χ0) is 10.9. The van der Waals surface area contributed by atoms with Gasteiger partial charge in [-0.05, 0) is 13.8 Å². The van der Waals surface area contributed by atoms with E-state index >= 15 is 0 Å². The number of amides is 1. The second kappa shape index (κ2) is 3.38. The standard InChI is InChI=1S/C11H12N2O2/c1-11(2)9(12-13-10(14)15-11)8-6-4-3-5-7-8/h3-7H,1-2H3,(H,13,14). The van der Waals surface area contributed by atoms with Crippen molar-refractivity contribution >= 4 is 11.8 Å². The fraction of sp³-hybridized carbons (Fsp3) is 0.273. The second-order valence-corrected chi connectivity index (χ2v) is 3.84. The Morgan fingerprint density at radius 2 is 1.93 bits per heavy atom. The van der Waals surface area contributed by atoms with E-state index in [-0.39, 0.29) is 0 Å². The Hall–Kier alpha value is -1.84. The lowest BCUT2D eigenvalue weighted by Gasteiger charge is -2.30. The summed E-state index contributed by atoms with van der Waals surface area (Å²) in [6.45, 7) is 3.63. The molecule has 0 aliphatic carbocycles. The topological polar surface area (TPSA) is 50.7 Å². The highest BCUT2D eigenvalue weighted by Gasteiger charge is 2.34. The van der Waals surface area contributed by atoms with Crippen LogP contribution in [0.15, 0.2) is 35.4 Å². The molecule has 1 amide bonds. The molecule has 0 fully saturated rings. The summed E-state index contributed by atoms with van der Waals surface area (Å²) >= 11 is 0. The summed E-state index contributed by atoms with van der Waals surface area (Å²) in [5.41, 5.74) is 3.29.